The van der Waals surface area contributed by atoms with Crippen LogP contribution in [0.3, 0.4) is 0 Å². The van der Waals surface area contributed by atoms with Crippen LogP contribution >= 0.6 is 0 Å². The number of carbonyl (C=O) groups excluding carboxylic acids is 1. The van der Waals surface area contributed by atoms with Gasteiger partial charge in [0.1, 0.15) is 5.82 Å². The quantitative estimate of drug-likeness (QED) is 0.699. The fraction of sp³-hybridized carbons (Fsp3) is 0.381. The van der Waals surface area contributed by atoms with Crippen LogP contribution in [-0.4, -0.2) is 67.8 Å². The second-order valence-corrected chi connectivity index (χ2v) is 8.85. The number of carbonyl (C=O) groups is 1. The van der Waals surface area contributed by atoms with Gasteiger partial charge in [0, 0.05) is 51.0 Å². The van der Waals surface area contributed by atoms with Gasteiger partial charge in [-0.15, -0.1) is 0 Å². The fourth-order valence-electron chi connectivity index (χ4n) is 3.48. The Morgan fingerprint density at radius 3 is 2.47 bits per heavy atom. The molecule has 9 heteroatoms. The number of nitriles is 1. The molecule has 2 aromatic rings. The predicted molar refractivity (Wildman–Crippen MR) is 114 cm³/mol. The maximum Gasteiger partial charge on any atom is 0.254 e. The highest BCUT2D eigenvalue weighted by Gasteiger charge is 2.26. The van der Waals surface area contributed by atoms with Crippen molar-refractivity contribution in [3.05, 3.63) is 53.7 Å². The molecule has 3 rings (SSSR count). The van der Waals surface area contributed by atoms with Crippen LogP contribution in [-0.2, 0) is 10.0 Å². The summed E-state index contributed by atoms with van der Waals surface area (Å²) in [6.07, 6.45) is 1.60. The molecule has 0 bridgehead atoms. The Balaban J connectivity index is 1.72. The van der Waals surface area contributed by atoms with Crippen LogP contribution in [0.2, 0.25) is 0 Å². The molecule has 0 unspecified atom stereocenters. The summed E-state index contributed by atoms with van der Waals surface area (Å²) in [4.78, 5) is 21.2. The van der Waals surface area contributed by atoms with Gasteiger partial charge in [0.05, 0.1) is 16.5 Å². The Kier molecular flexibility index (Phi) is 6.70. The van der Waals surface area contributed by atoms with E-state index in [2.05, 4.69) is 11.1 Å². The highest BCUT2D eigenvalue weighted by Crippen LogP contribution is 2.20. The number of hydrogen-bond acceptors (Lipinski definition) is 6. The van der Waals surface area contributed by atoms with Gasteiger partial charge in [0.15, 0.2) is 0 Å². The van der Waals surface area contributed by atoms with Crippen molar-refractivity contribution in [2.24, 2.45) is 0 Å². The first-order valence-corrected chi connectivity index (χ1v) is 11.3. The Hall–Kier alpha value is -2.96. The van der Waals surface area contributed by atoms with E-state index in [0.717, 1.165) is 0 Å². The summed E-state index contributed by atoms with van der Waals surface area (Å²) in [6.45, 7) is 6.48. The molecule has 1 amide bonds. The molecular weight excluding hydrogens is 402 g/mol. The van der Waals surface area contributed by atoms with E-state index >= 15 is 0 Å². The zero-order valence-corrected chi connectivity index (χ0v) is 18.0. The van der Waals surface area contributed by atoms with Gasteiger partial charge in [0.25, 0.3) is 5.91 Å². The summed E-state index contributed by atoms with van der Waals surface area (Å²) in [6, 6.07) is 11.7. The summed E-state index contributed by atoms with van der Waals surface area (Å²) < 4.78 is 26.9. The van der Waals surface area contributed by atoms with E-state index in [0.29, 0.717) is 56.2 Å². The molecule has 0 saturated carbocycles. The molecule has 0 radical (unpaired) electrons. The molecular formula is C21H25N5O3S. The van der Waals surface area contributed by atoms with Crippen molar-refractivity contribution >= 4 is 21.7 Å². The highest BCUT2D eigenvalue weighted by atomic mass is 32.2. The normalized spacial score (nSPS) is 14.6. The van der Waals surface area contributed by atoms with Crippen LogP contribution in [0.15, 0.2) is 47.5 Å². The van der Waals surface area contributed by atoms with Gasteiger partial charge < -0.3 is 9.80 Å². The Bertz CT molecular complexity index is 1050. The van der Waals surface area contributed by atoms with Crippen molar-refractivity contribution in [2.75, 3.05) is 44.2 Å². The number of hydrogen-bond donors (Lipinski definition) is 0. The molecule has 8 nitrogen and oxygen atoms in total. The lowest BCUT2D eigenvalue weighted by molar-refractivity contribution is 0.0746. The summed E-state index contributed by atoms with van der Waals surface area (Å²) >= 11 is 0. The van der Waals surface area contributed by atoms with Crippen molar-refractivity contribution in [3.63, 3.8) is 0 Å². The summed E-state index contributed by atoms with van der Waals surface area (Å²) in [5.41, 5.74) is 0.908. The Morgan fingerprint density at radius 1 is 1.13 bits per heavy atom. The van der Waals surface area contributed by atoms with E-state index in [4.69, 9.17) is 5.26 Å². The van der Waals surface area contributed by atoms with Crippen molar-refractivity contribution in [3.8, 4) is 6.07 Å². The van der Waals surface area contributed by atoms with Gasteiger partial charge in [-0.2, -0.15) is 9.57 Å². The largest absolute Gasteiger partial charge is 0.353 e. The van der Waals surface area contributed by atoms with Gasteiger partial charge in [-0.05, 0) is 30.3 Å². The molecule has 1 aromatic carbocycles. The van der Waals surface area contributed by atoms with E-state index in [1.54, 1.807) is 49.2 Å². The molecule has 0 spiro atoms. The Labute approximate surface area is 177 Å². The van der Waals surface area contributed by atoms with Crippen LogP contribution in [0.5, 0.6) is 0 Å². The van der Waals surface area contributed by atoms with E-state index < -0.39 is 10.0 Å². The number of rotatable bonds is 6. The van der Waals surface area contributed by atoms with Crippen LogP contribution in [0.1, 0.15) is 29.8 Å². The average molecular weight is 428 g/mol. The maximum absolute atomic E-state index is 13.0. The first-order chi connectivity index (χ1) is 14.4. The number of sulfonamides is 1. The minimum absolute atomic E-state index is 0.133. The van der Waals surface area contributed by atoms with Crippen molar-refractivity contribution in [1.29, 1.82) is 5.26 Å². The third-order valence-electron chi connectivity index (χ3n) is 5.19. The second-order valence-electron chi connectivity index (χ2n) is 6.91. The fourth-order valence-corrected chi connectivity index (χ4v) is 4.99. The van der Waals surface area contributed by atoms with Crippen LogP contribution < -0.4 is 4.90 Å². The highest BCUT2D eigenvalue weighted by molar-refractivity contribution is 7.89. The molecule has 1 aliphatic rings. The van der Waals surface area contributed by atoms with E-state index in [-0.39, 0.29) is 10.8 Å². The third kappa shape index (κ3) is 4.45. The lowest BCUT2D eigenvalue weighted by Gasteiger charge is -2.35. The smallest absolute Gasteiger partial charge is 0.254 e. The summed E-state index contributed by atoms with van der Waals surface area (Å²) in [5.74, 6) is 0.526. The number of aromatic nitrogens is 1. The monoisotopic (exact) mass is 427 g/mol. The number of pyridine rings is 1. The lowest BCUT2D eigenvalue weighted by Crippen LogP contribution is -2.49. The maximum atomic E-state index is 13.0. The second kappa shape index (κ2) is 9.24. The van der Waals surface area contributed by atoms with Crippen LogP contribution in [0.25, 0.3) is 0 Å². The molecule has 30 heavy (non-hydrogen) atoms. The number of anilines is 1. The summed E-state index contributed by atoms with van der Waals surface area (Å²) in [7, 11) is -3.62. The zero-order valence-electron chi connectivity index (χ0n) is 17.2. The number of amides is 1. The van der Waals surface area contributed by atoms with Crippen LogP contribution in [0.4, 0.5) is 5.82 Å². The topological polar surface area (TPSA) is 97.6 Å². The van der Waals surface area contributed by atoms with Crippen molar-refractivity contribution in [2.45, 2.75) is 18.7 Å². The first-order valence-electron chi connectivity index (χ1n) is 9.91. The standard InChI is InChI=1S/C21H25N5O3S/c1-3-26(4-2)30(28,29)19-7-5-6-18(15-19)21(27)25-12-10-24(11-13-25)20-14-17(16-22)8-9-23-20/h5-9,14-15H,3-4,10-13H2,1-2H3. The van der Waals surface area contributed by atoms with Crippen molar-refractivity contribution < 1.29 is 13.2 Å². The predicted octanol–water partition coefficient (Wildman–Crippen LogP) is 1.95. The molecule has 0 aliphatic carbocycles. The minimum Gasteiger partial charge on any atom is -0.353 e. The van der Waals surface area contributed by atoms with Gasteiger partial charge in [0.2, 0.25) is 10.0 Å². The molecule has 1 aliphatic heterocycles. The molecule has 1 aromatic heterocycles. The number of benzene rings is 1. The molecule has 1 fully saturated rings. The molecule has 158 valence electrons. The molecule has 0 N–H and O–H groups in total. The van der Waals surface area contributed by atoms with Crippen molar-refractivity contribution in [1.82, 2.24) is 14.2 Å². The number of nitrogens with zero attached hydrogens (tertiary/aromatic N) is 5. The van der Waals surface area contributed by atoms with Gasteiger partial charge >= 0.3 is 0 Å². The minimum atomic E-state index is -3.62. The van der Waals surface area contributed by atoms with E-state index in [9.17, 15) is 13.2 Å². The average Bonchev–Trinajstić information content (AvgIpc) is 2.79. The zero-order chi connectivity index (χ0) is 21.7. The molecule has 1 saturated heterocycles. The molecule has 0 atom stereocenters. The van der Waals surface area contributed by atoms with E-state index in [1.807, 2.05) is 4.90 Å². The first kappa shape index (κ1) is 21.7. The number of piperazine rings is 1. The SMILES string of the molecule is CCN(CC)S(=O)(=O)c1cccc(C(=O)N2CCN(c3cc(C#N)ccn3)CC2)c1. The third-order valence-corrected chi connectivity index (χ3v) is 7.24. The Morgan fingerprint density at radius 2 is 1.83 bits per heavy atom. The van der Waals surface area contributed by atoms with Gasteiger partial charge in [-0.3, -0.25) is 4.79 Å². The van der Waals surface area contributed by atoms with Crippen LogP contribution in [0, 0.1) is 11.3 Å². The van der Waals surface area contributed by atoms with E-state index in [1.165, 1.54) is 16.4 Å². The lowest BCUT2D eigenvalue weighted by atomic mass is 10.2. The van der Waals surface area contributed by atoms with Gasteiger partial charge in [-0.1, -0.05) is 19.9 Å². The molecule has 2 heterocycles. The van der Waals surface area contributed by atoms with Gasteiger partial charge in [-0.25, -0.2) is 13.4 Å². The summed E-state index contributed by atoms with van der Waals surface area (Å²) in [5, 5.41) is 9.05.